The minimum atomic E-state index is -0.976. The highest BCUT2D eigenvalue weighted by Gasteiger charge is 2.34. The number of nitrogens with zero attached hydrogens (tertiary/aromatic N) is 3. The highest BCUT2D eigenvalue weighted by Crippen LogP contribution is 2.33. The van der Waals surface area contributed by atoms with E-state index in [1.165, 1.54) is 4.68 Å². The number of rotatable bonds is 5. The van der Waals surface area contributed by atoms with Gasteiger partial charge in [-0.05, 0) is 0 Å². The van der Waals surface area contributed by atoms with Crippen molar-refractivity contribution in [1.29, 1.82) is 0 Å². The predicted octanol–water partition coefficient (Wildman–Crippen LogP) is 1.02. The fourth-order valence-electron chi connectivity index (χ4n) is 2.28. The summed E-state index contributed by atoms with van der Waals surface area (Å²) < 4.78 is 6.60. The molecule has 1 fully saturated rings. The predicted molar refractivity (Wildman–Crippen MR) is 72.8 cm³/mol. The lowest BCUT2D eigenvalue weighted by atomic mass is 10.0. The Hall–Kier alpha value is -1.67. The number of aromatic nitrogens is 2. The lowest BCUT2D eigenvalue weighted by Crippen LogP contribution is -2.37. The monoisotopic (exact) mass is 284 g/mol. The molecule has 1 aliphatic heterocycles. The molecular weight excluding hydrogens is 264 g/mol. The molecule has 0 spiro atoms. The van der Waals surface area contributed by atoms with Gasteiger partial charge in [0.1, 0.15) is 11.3 Å². The minimum Gasteiger partial charge on any atom is -0.386 e. The first-order valence-electron chi connectivity index (χ1n) is 6.59. The fraction of sp³-hybridized carbons (Fsp3) is 0.750. The van der Waals surface area contributed by atoms with Crippen LogP contribution in [0, 0.1) is 10.1 Å². The smallest absolute Gasteiger partial charge is 0.334 e. The molecule has 1 unspecified atom stereocenters. The average molecular weight is 284 g/mol. The van der Waals surface area contributed by atoms with Gasteiger partial charge < -0.3 is 15.2 Å². The summed E-state index contributed by atoms with van der Waals surface area (Å²) in [5, 5.41) is 28.6. The Kier molecular flexibility index (Phi) is 3.96. The summed E-state index contributed by atoms with van der Waals surface area (Å²) in [5.41, 5.74) is -0.560. The van der Waals surface area contributed by atoms with Gasteiger partial charge in [-0.2, -0.15) is 5.10 Å². The second kappa shape index (κ2) is 5.37. The Morgan fingerprint density at radius 3 is 2.85 bits per heavy atom. The van der Waals surface area contributed by atoms with Crippen LogP contribution in [0.4, 0.5) is 11.5 Å². The molecule has 112 valence electrons. The van der Waals surface area contributed by atoms with Crippen LogP contribution in [0.25, 0.3) is 0 Å². The lowest BCUT2D eigenvalue weighted by molar-refractivity contribution is -0.384. The van der Waals surface area contributed by atoms with Crippen LogP contribution in [0.3, 0.4) is 0 Å². The maximum absolute atomic E-state index is 11.3. The van der Waals surface area contributed by atoms with Crippen LogP contribution in [-0.2, 0) is 11.8 Å². The molecule has 1 atom stereocenters. The largest absolute Gasteiger partial charge is 0.386 e. The van der Waals surface area contributed by atoms with E-state index in [1.54, 1.807) is 7.05 Å². The molecule has 20 heavy (non-hydrogen) atoms. The third kappa shape index (κ3) is 2.75. The second-order valence-electron chi connectivity index (χ2n) is 5.50. The number of aryl methyl sites for hydroxylation is 1. The Balaban J connectivity index is 2.24. The molecular formula is C12H20N4O4. The molecule has 1 aromatic heterocycles. The number of ether oxygens (including phenoxy) is 1. The van der Waals surface area contributed by atoms with E-state index >= 15 is 0 Å². The van der Waals surface area contributed by atoms with Crippen molar-refractivity contribution >= 4 is 11.5 Å². The van der Waals surface area contributed by atoms with Crippen LogP contribution < -0.4 is 5.32 Å². The Labute approximate surface area is 116 Å². The molecule has 2 rings (SSSR count). The van der Waals surface area contributed by atoms with E-state index in [0.29, 0.717) is 24.5 Å². The van der Waals surface area contributed by atoms with Crippen molar-refractivity contribution in [3.63, 3.8) is 0 Å². The lowest BCUT2D eigenvalue weighted by Gasteiger charge is -2.20. The molecule has 0 amide bonds. The van der Waals surface area contributed by atoms with Crippen LogP contribution in [-0.4, -0.2) is 45.2 Å². The van der Waals surface area contributed by atoms with Crippen LogP contribution in [0.5, 0.6) is 0 Å². The molecule has 1 aliphatic rings. The van der Waals surface area contributed by atoms with E-state index in [-0.39, 0.29) is 24.8 Å². The van der Waals surface area contributed by atoms with Gasteiger partial charge in [0.2, 0.25) is 5.82 Å². The summed E-state index contributed by atoms with van der Waals surface area (Å²) in [6.45, 7) is 4.66. The molecule has 0 radical (unpaired) electrons. The Morgan fingerprint density at radius 1 is 1.65 bits per heavy atom. The van der Waals surface area contributed by atoms with Crippen molar-refractivity contribution in [3.8, 4) is 0 Å². The normalized spacial score (nSPS) is 22.4. The topological polar surface area (TPSA) is 102 Å². The van der Waals surface area contributed by atoms with Gasteiger partial charge in [-0.15, -0.1) is 0 Å². The Bertz CT molecular complexity index is 506. The second-order valence-corrected chi connectivity index (χ2v) is 5.50. The first-order chi connectivity index (χ1) is 9.34. The summed E-state index contributed by atoms with van der Waals surface area (Å²) in [6.07, 6.45) is 0.517. The van der Waals surface area contributed by atoms with Crippen molar-refractivity contribution in [1.82, 2.24) is 9.78 Å². The van der Waals surface area contributed by atoms with E-state index < -0.39 is 10.5 Å². The van der Waals surface area contributed by atoms with Gasteiger partial charge in [-0.1, -0.05) is 13.8 Å². The average Bonchev–Trinajstić information content (AvgIpc) is 2.91. The van der Waals surface area contributed by atoms with Crippen molar-refractivity contribution in [2.45, 2.75) is 31.8 Å². The van der Waals surface area contributed by atoms with Gasteiger partial charge in [0.05, 0.1) is 11.5 Å². The van der Waals surface area contributed by atoms with Gasteiger partial charge in [0.15, 0.2) is 0 Å². The van der Waals surface area contributed by atoms with Crippen molar-refractivity contribution in [3.05, 3.63) is 15.8 Å². The van der Waals surface area contributed by atoms with Crippen molar-refractivity contribution in [2.24, 2.45) is 7.05 Å². The molecule has 0 aromatic carbocycles. The molecule has 1 saturated heterocycles. The van der Waals surface area contributed by atoms with E-state index in [0.717, 1.165) is 0 Å². The van der Waals surface area contributed by atoms with Crippen LogP contribution in [0.15, 0.2) is 0 Å². The van der Waals surface area contributed by atoms with Gasteiger partial charge in [0.25, 0.3) is 0 Å². The fourth-order valence-corrected chi connectivity index (χ4v) is 2.28. The summed E-state index contributed by atoms with van der Waals surface area (Å²) in [4.78, 5) is 10.8. The van der Waals surface area contributed by atoms with Crippen molar-refractivity contribution in [2.75, 3.05) is 25.1 Å². The van der Waals surface area contributed by atoms with Crippen LogP contribution >= 0.6 is 0 Å². The number of aliphatic hydroxyl groups is 1. The molecule has 8 heteroatoms. The van der Waals surface area contributed by atoms with Gasteiger partial charge in [0, 0.05) is 32.5 Å². The number of nitro groups is 1. The molecule has 2 N–H and O–H groups in total. The Morgan fingerprint density at radius 2 is 2.35 bits per heavy atom. The molecule has 0 saturated carbocycles. The zero-order chi connectivity index (χ0) is 14.9. The van der Waals surface area contributed by atoms with Gasteiger partial charge in [-0.3, -0.25) is 10.1 Å². The van der Waals surface area contributed by atoms with Crippen molar-refractivity contribution < 1.29 is 14.8 Å². The number of hydrogen-bond acceptors (Lipinski definition) is 6. The van der Waals surface area contributed by atoms with E-state index in [4.69, 9.17) is 4.74 Å². The third-order valence-electron chi connectivity index (χ3n) is 3.45. The minimum absolute atomic E-state index is 0.0231. The first-order valence-corrected chi connectivity index (χ1v) is 6.59. The zero-order valence-corrected chi connectivity index (χ0v) is 11.9. The molecule has 0 bridgehead atoms. The summed E-state index contributed by atoms with van der Waals surface area (Å²) >= 11 is 0. The van der Waals surface area contributed by atoms with E-state index in [1.807, 2.05) is 13.8 Å². The maximum atomic E-state index is 11.3. The summed E-state index contributed by atoms with van der Waals surface area (Å²) in [5.74, 6) is 0.272. The molecule has 0 aliphatic carbocycles. The van der Waals surface area contributed by atoms with Gasteiger partial charge in [-0.25, -0.2) is 4.68 Å². The molecule has 1 aromatic rings. The standard InChI is InChI=1S/C12H20N4O4/c1-8(2)9-10(16(18)19)11(15(3)14-9)13-6-12(17)4-5-20-7-12/h8,13,17H,4-7H2,1-3H3. The quantitative estimate of drug-likeness (QED) is 0.618. The number of anilines is 1. The van der Waals surface area contributed by atoms with Gasteiger partial charge >= 0.3 is 5.69 Å². The number of nitrogens with one attached hydrogen (secondary N) is 1. The molecule has 2 heterocycles. The third-order valence-corrected chi connectivity index (χ3v) is 3.45. The van der Waals surface area contributed by atoms with Crippen LogP contribution in [0.2, 0.25) is 0 Å². The summed E-state index contributed by atoms with van der Waals surface area (Å²) in [6, 6.07) is 0. The number of hydrogen-bond donors (Lipinski definition) is 2. The van der Waals surface area contributed by atoms with E-state index in [9.17, 15) is 15.2 Å². The van der Waals surface area contributed by atoms with E-state index in [2.05, 4.69) is 10.4 Å². The SMILES string of the molecule is CC(C)c1nn(C)c(NCC2(O)CCOC2)c1[N+](=O)[O-]. The molecule has 8 nitrogen and oxygen atoms in total. The summed E-state index contributed by atoms with van der Waals surface area (Å²) in [7, 11) is 1.65. The maximum Gasteiger partial charge on any atom is 0.334 e. The van der Waals surface area contributed by atoms with Crippen LogP contribution in [0.1, 0.15) is 31.9 Å². The highest BCUT2D eigenvalue weighted by atomic mass is 16.6. The highest BCUT2D eigenvalue weighted by molar-refractivity contribution is 5.60. The zero-order valence-electron chi connectivity index (χ0n) is 11.9. The first kappa shape index (κ1) is 14.7.